The van der Waals surface area contributed by atoms with E-state index < -0.39 is 0 Å². The lowest BCUT2D eigenvalue weighted by Crippen LogP contribution is -2.29. The van der Waals surface area contributed by atoms with Gasteiger partial charge in [0.1, 0.15) is 5.82 Å². The number of carbonyl (C=O) groups is 1. The maximum atomic E-state index is 11.5. The second kappa shape index (κ2) is 7.64. The lowest BCUT2D eigenvalue weighted by atomic mass is 10.2. The van der Waals surface area contributed by atoms with Gasteiger partial charge in [-0.3, -0.25) is 4.79 Å². The molecule has 1 saturated carbocycles. The first-order valence-corrected chi connectivity index (χ1v) is 7.80. The predicted molar refractivity (Wildman–Crippen MR) is 79.7 cm³/mol. The minimum atomic E-state index is 0.124. The molecule has 3 N–H and O–H groups in total. The van der Waals surface area contributed by atoms with Gasteiger partial charge in [-0.2, -0.15) is 0 Å². The third kappa shape index (κ3) is 5.13. The first-order chi connectivity index (χ1) is 9.69. The molecule has 20 heavy (non-hydrogen) atoms. The molecule has 1 aromatic rings. The molecule has 0 aromatic carbocycles. The number of imidazole rings is 1. The van der Waals surface area contributed by atoms with Crippen LogP contribution in [-0.2, 0) is 17.8 Å². The highest BCUT2D eigenvalue weighted by molar-refractivity contribution is 6.30. The Morgan fingerprint density at radius 1 is 1.50 bits per heavy atom. The zero-order valence-electron chi connectivity index (χ0n) is 12.0. The Bertz CT molecular complexity index is 442. The molecule has 5 nitrogen and oxygen atoms in total. The van der Waals surface area contributed by atoms with Crippen LogP contribution in [0.4, 0.5) is 0 Å². The Kier molecular flexibility index (Phi) is 5.86. The number of nitrogens with zero attached hydrogens (tertiary/aromatic N) is 1. The molecule has 0 radical (unpaired) electrons. The van der Waals surface area contributed by atoms with Gasteiger partial charge in [-0.05, 0) is 19.3 Å². The van der Waals surface area contributed by atoms with Crippen LogP contribution in [0.15, 0.2) is 0 Å². The summed E-state index contributed by atoms with van der Waals surface area (Å²) in [6.45, 7) is 3.42. The van der Waals surface area contributed by atoms with Crippen LogP contribution in [0.3, 0.4) is 0 Å². The highest BCUT2D eigenvalue weighted by Gasteiger charge is 2.22. The summed E-state index contributed by atoms with van der Waals surface area (Å²) in [4.78, 5) is 19.0. The van der Waals surface area contributed by atoms with Crippen LogP contribution in [-0.4, -0.2) is 28.5 Å². The number of halogens is 1. The second-order valence-electron chi connectivity index (χ2n) is 5.32. The van der Waals surface area contributed by atoms with Crippen LogP contribution in [0.5, 0.6) is 0 Å². The molecule has 1 aromatic heterocycles. The van der Waals surface area contributed by atoms with Gasteiger partial charge in [0.25, 0.3) is 0 Å². The molecule has 1 heterocycles. The van der Waals surface area contributed by atoms with Gasteiger partial charge in [-0.1, -0.05) is 24.9 Å². The Labute approximate surface area is 124 Å². The van der Waals surface area contributed by atoms with Crippen molar-refractivity contribution in [2.24, 2.45) is 0 Å². The summed E-state index contributed by atoms with van der Waals surface area (Å²) in [6, 6.07) is 0.436. The molecule has 0 unspecified atom stereocenters. The van der Waals surface area contributed by atoms with Crippen LogP contribution < -0.4 is 10.6 Å². The fourth-order valence-corrected chi connectivity index (χ4v) is 2.18. The number of aromatic amines is 1. The number of rotatable bonds is 9. The van der Waals surface area contributed by atoms with E-state index in [1.54, 1.807) is 0 Å². The number of aromatic nitrogens is 2. The first kappa shape index (κ1) is 15.3. The number of aryl methyl sites for hydroxylation is 1. The van der Waals surface area contributed by atoms with Crippen molar-refractivity contribution in [2.45, 2.75) is 58.0 Å². The van der Waals surface area contributed by atoms with E-state index in [1.165, 1.54) is 0 Å². The van der Waals surface area contributed by atoms with Gasteiger partial charge in [0, 0.05) is 32.0 Å². The number of carbonyl (C=O) groups excluding carboxylic acids is 1. The molecule has 1 fully saturated rings. The SMILES string of the molecule is CCCCc1nc(Cl)c(CNCCC(=O)NC2CC2)[nH]1. The molecule has 1 amide bonds. The van der Waals surface area contributed by atoms with Crippen LogP contribution in [0, 0.1) is 0 Å². The topological polar surface area (TPSA) is 69.8 Å². The largest absolute Gasteiger partial charge is 0.353 e. The minimum absolute atomic E-state index is 0.124. The van der Waals surface area contributed by atoms with Crippen LogP contribution in [0.1, 0.15) is 50.5 Å². The Hall–Kier alpha value is -1.07. The van der Waals surface area contributed by atoms with E-state index in [-0.39, 0.29) is 5.91 Å². The van der Waals surface area contributed by atoms with Gasteiger partial charge in [0.05, 0.1) is 5.69 Å². The number of H-pyrrole nitrogens is 1. The maximum absolute atomic E-state index is 11.5. The molecule has 0 bridgehead atoms. The standard InChI is InChI=1S/C14H23ClN4O/c1-2-3-4-12-18-11(14(15)19-12)9-16-8-7-13(20)17-10-5-6-10/h10,16H,2-9H2,1H3,(H,17,20)(H,18,19). The van der Waals surface area contributed by atoms with Crippen molar-refractivity contribution < 1.29 is 4.79 Å². The van der Waals surface area contributed by atoms with Crippen molar-refractivity contribution in [3.05, 3.63) is 16.7 Å². The molecule has 1 aliphatic rings. The normalized spacial score (nSPS) is 14.5. The van der Waals surface area contributed by atoms with Crippen LogP contribution >= 0.6 is 11.6 Å². The zero-order chi connectivity index (χ0) is 14.4. The van der Waals surface area contributed by atoms with Crippen molar-refractivity contribution in [1.29, 1.82) is 0 Å². The monoisotopic (exact) mass is 298 g/mol. The second-order valence-corrected chi connectivity index (χ2v) is 5.68. The summed E-state index contributed by atoms with van der Waals surface area (Å²) in [5.74, 6) is 1.07. The molecule has 0 aliphatic heterocycles. The van der Waals surface area contributed by atoms with Crippen molar-refractivity contribution >= 4 is 17.5 Å². The van der Waals surface area contributed by atoms with Crippen LogP contribution in [0.2, 0.25) is 5.15 Å². The Morgan fingerprint density at radius 2 is 2.30 bits per heavy atom. The molecule has 0 saturated heterocycles. The summed E-state index contributed by atoms with van der Waals surface area (Å²) >= 11 is 6.08. The van der Waals surface area contributed by atoms with Crippen molar-refractivity contribution in [2.75, 3.05) is 6.54 Å². The fraction of sp³-hybridized carbons (Fsp3) is 0.714. The summed E-state index contributed by atoms with van der Waals surface area (Å²) in [5.41, 5.74) is 0.903. The minimum Gasteiger partial charge on any atom is -0.353 e. The van der Waals surface area contributed by atoms with Gasteiger partial charge in [-0.15, -0.1) is 0 Å². The molecule has 112 valence electrons. The number of hydrogen-bond acceptors (Lipinski definition) is 3. The van der Waals surface area contributed by atoms with Crippen molar-refractivity contribution in [3.63, 3.8) is 0 Å². The maximum Gasteiger partial charge on any atom is 0.221 e. The highest BCUT2D eigenvalue weighted by Crippen LogP contribution is 2.18. The van der Waals surface area contributed by atoms with Gasteiger partial charge in [-0.25, -0.2) is 4.98 Å². The Morgan fingerprint density at radius 3 is 3.00 bits per heavy atom. The van der Waals surface area contributed by atoms with Gasteiger partial charge >= 0.3 is 0 Å². The van der Waals surface area contributed by atoms with E-state index in [9.17, 15) is 4.79 Å². The molecular weight excluding hydrogens is 276 g/mol. The molecule has 6 heteroatoms. The van der Waals surface area contributed by atoms with E-state index in [2.05, 4.69) is 27.5 Å². The van der Waals surface area contributed by atoms with E-state index in [0.717, 1.165) is 43.6 Å². The Balaban J connectivity index is 1.65. The molecule has 0 atom stereocenters. The summed E-state index contributed by atoms with van der Waals surface area (Å²) in [7, 11) is 0. The lowest BCUT2D eigenvalue weighted by molar-refractivity contribution is -0.121. The predicted octanol–water partition coefficient (Wildman–Crippen LogP) is 2.16. The summed E-state index contributed by atoms with van der Waals surface area (Å²) in [6.07, 6.45) is 5.94. The third-order valence-electron chi connectivity index (χ3n) is 3.32. The summed E-state index contributed by atoms with van der Waals surface area (Å²) in [5, 5.41) is 6.72. The first-order valence-electron chi connectivity index (χ1n) is 7.42. The average molecular weight is 299 g/mol. The number of amides is 1. The smallest absolute Gasteiger partial charge is 0.221 e. The van der Waals surface area contributed by atoms with Crippen molar-refractivity contribution in [3.8, 4) is 0 Å². The molecule has 2 rings (SSSR count). The van der Waals surface area contributed by atoms with E-state index in [1.807, 2.05) is 0 Å². The zero-order valence-corrected chi connectivity index (χ0v) is 12.7. The number of unbranched alkanes of at least 4 members (excludes halogenated alkanes) is 1. The van der Waals surface area contributed by atoms with E-state index >= 15 is 0 Å². The summed E-state index contributed by atoms with van der Waals surface area (Å²) < 4.78 is 0. The molecular formula is C14H23ClN4O. The van der Waals surface area contributed by atoms with Gasteiger partial charge < -0.3 is 15.6 Å². The van der Waals surface area contributed by atoms with E-state index in [0.29, 0.717) is 30.7 Å². The van der Waals surface area contributed by atoms with Crippen molar-refractivity contribution in [1.82, 2.24) is 20.6 Å². The quantitative estimate of drug-likeness (QED) is 0.612. The highest BCUT2D eigenvalue weighted by atomic mass is 35.5. The van der Waals surface area contributed by atoms with Gasteiger partial charge in [0.2, 0.25) is 5.91 Å². The fourth-order valence-electron chi connectivity index (χ4n) is 1.96. The lowest BCUT2D eigenvalue weighted by Gasteiger charge is -2.04. The number of nitrogens with one attached hydrogen (secondary N) is 3. The molecule has 1 aliphatic carbocycles. The molecule has 0 spiro atoms. The van der Waals surface area contributed by atoms with Crippen LogP contribution in [0.25, 0.3) is 0 Å². The van der Waals surface area contributed by atoms with Gasteiger partial charge in [0.15, 0.2) is 5.15 Å². The number of hydrogen-bond donors (Lipinski definition) is 3. The average Bonchev–Trinajstić information content (AvgIpc) is 3.15. The van der Waals surface area contributed by atoms with E-state index in [4.69, 9.17) is 11.6 Å². The third-order valence-corrected chi connectivity index (χ3v) is 3.63.